The monoisotopic (exact) mass is 402 g/mol. The topological polar surface area (TPSA) is 49.4 Å². The second-order valence-corrected chi connectivity index (χ2v) is 6.78. The van der Waals surface area contributed by atoms with Crippen molar-refractivity contribution >= 4 is 43.7 Å². The highest BCUT2D eigenvalue weighted by Gasteiger charge is 2.25. The average Bonchev–Trinajstić information content (AvgIpc) is 2.36. The van der Waals surface area contributed by atoms with Gasteiger partial charge in [0.15, 0.2) is 0 Å². The van der Waals surface area contributed by atoms with Crippen molar-refractivity contribution in [3.8, 4) is 0 Å². The molecule has 1 unspecified atom stereocenters. The third-order valence-electron chi connectivity index (χ3n) is 3.23. The summed E-state index contributed by atoms with van der Waals surface area (Å²) in [7, 11) is 0. The molecule has 1 aromatic carbocycles. The van der Waals surface area contributed by atoms with Crippen molar-refractivity contribution in [3.05, 3.63) is 32.7 Å². The van der Waals surface area contributed by atoms with Crippen molar-refractivity contribution in [2.45, 2.75) is 25.8 Å². The minimum absolute atomic E-state index is 0.00190. The number of hydrogen-bond acceptors (Lipinski definition) is 2. The van der Waals surface area contributed by atoms with Crippen molar-refractivity contribution in [1.82, 2.24) is 10.2 Å². The van der Waals surface area contributed by atoms with Crippen LogP contribution in [0.3, 0.4) is 0 Å². The van der Waals surface area contributed by atoms with Crippen molar-refractivity contribution < 1.29 is 9.59 Å². The van der Waals surface area contributed by atoms with Gasteiger partial charge in [0.1, 0.15) is 0 Å². The van der Waals surface area contributed by atoms with E-state index in [9.17, 15) is 9.59 Å². The van der Waals surface area contributed by atoms with Gasteiger partial charge in [0.2, 0.25) is 5.91 Å². The molecule has 0 radical (unpaired) electrons. The van der Waals surface area contributed by atoms with Crippen LogP contribution in [0.2, 0.25) is 0 Å². The van der Waals surface area contributed by atoms with E-state index in [1.54, 1.807) is 4.90 Å². The lowest BCUT2D eigenvalue weighted by Gasteiger charge is -2.33. The van der Waals surface area contributed by atoms with Gasteiger partial charge in [-0.1, -0.05) is 31.9 Å². The molecule has 6 heteroatoms. The Morgan fingerprint density at radius 3 is 2.50 bits per heavy atom. The number of hydrogen-bond donors (Lipinski definition) is 1. The molecule has 2 amide bonds. The molecule has 0 spiro atoms. The Balaban J connectivity index is 2.10. The number of carbonyl (C=O) groups excluding carboxylic acids is 2. The summed E-state index contributed by atoms with van der Waals surface area (Å²) in [6, 6.07) is 5.58. The van der Waals surface area contributed by atoms with Crippen LogP contribution in [0.5, 0.6) is 0 Å². The molecule has 1 heterocycles. The first-order valence-electron chi connectivity index (χ1n) is 6.48. The lowest BCUT2D eigenvalue weighted by atomic mass is 10.0. The molecule has 0 aliphatic carbocycles. The van der Waals surface area contributed by atoms with Crippen molar-refractivity contribution in [3.63, 3.8) is 0 Å². The third kappa shape index (κ3) is 4.06. The van der Waals surface area contributed by atoms with Gasteiger partial charge in [-0.25, -0.2) is 0 Å². The van der Waals surface area contributed by atoms with E-state index < -0.39 is 0 Å². The zero-order valence-electron chi connectivity index (χ0n) is 11.2. The zero-order valence-corrected chi connectivity index (χ0v) is 14.3. The summed E-state index contributed by atoms with van der Waals surface area (Å²) in [5.74, 6) is -0.0449. The van der Waals surface area contributed by atoms with Crippen LogP contribution in [0, 0.1) is 0 Å². The van der Waals surface area contributed by atoms with Crippen LogP contribution in [0.15, 0.2) is 27.1 Å². The maximum absolute atomic E-state index is 12.5. The first-order chi connectivity index (χ1) is 9.45. The van der Waals surface area contributed by atoms with Crippen LogP contribution >= 0.6 is 31.9 Å². The number of halogens is 2. The number of benzene rings is 1. The van der Waals surface area contributed by atoms with Crippen molar-refractivity contribution in [1.29, 1.82) is 0 Å². The maximum atomic E-state index is 12.5. The lowest BCUT2D eigenvalue weighted by molar-refractivity contribution is -0.120. The van der Waals surface area contributed by atoms with Gasteiger partial charge in [0.05, 0.1) is 0 Å². The molecule has 1 saturated heterocycles. The maximum Gasteiger partial charge on any atom is 0.254 e. The van der Waals surface area contributed by atoms with Gasteiger partial charge >= 0.3 is 0 Å². The highest BCUT2D eigenvalue weighted by atomic mass is 79.9. The molecule has 108 valence electrons. The highest BCUT2D eigenvalue weighted by molar-refractivity contribution is 9.11. The van der Waals surface area contributed by atoms with Gasteiger partial charge in [-0.15, -0.1) is 0 Å². The summed E-state index contributed by atoms with van der Waals surface area (Å²) in [5.41, 5.74) is 0.648. The SMILES string of the molecule is CC(=O)NC1CCCN(C(=O)c2cc(Br)cc(Br)c2)C1. The van der Waals surface area contributed by atoms with Gasteiger partial charge in [0.25, 0.3) is 5.91 Å². The van der Waals surface area contributed by atoms with Crippen LogP contribution in [-0.4, -0.2) is 35.8 Å². The third-order valence-corrected chi connectivity index (χ3v) is 4.14. The number of piperidine rings is 1. The zero-order chi connectivity index (χ0) is 14.7. The molecule has 0 aromatic heterocycles. The molecule has 1 aromatic rings. The van der Waals surface area contributed by atoms with Gasteiger partial charge in [-0.2, -0.15) is 0 Å². The Bertz CT molecular complexity index is 514. The molecule has 1 fully saturated rings. The summed E-state index contributed by atoms with van der Waals surface area (Å²) in [6.07, 6.45) is 1.83. The van der Waals surface area contributed by atoms with Crippen LogP contribution in [0.1, 0.15) is 30.1 Å². The standard InChI is InChI=1S/C14H16Br2N2O2/c1-9(19)17-13-3-2-4-18(8-13)14(20)10-5-11(15)7-12(16)6-10/h5-7,13H,2-4,8H2,1H3,(H,17,19). The van der Waals surface area contributed by atoms with Crippen LogP contribution in [0.25, 0.3) is 0 Å². The van der Waals surface area contributed by atoms with E-state index in [1.807, 2.05) is 18.2 Å². The summed E-state index contributed by atoms with van der Waals surface area (Å²) in [6.45, 7) is 2.81. The van der Waals surface area contributed by atoms with E-state index in [0.29, 0.717) is 12.1 Å². The number of amides is 2. The van der Waals surface area contributed by atoms with E-state index in [2.05, 4.69) is 37.2 Å². The van der Waals surface area contributed by atoms with E-state index in [1.165, 1.54) is 6.92 Å². The molecule has 1 N–H and O–H groups in total. The Morgan fingerprint density at radius 1 is 1.25 bits per heavy atom. The normalized spacial score (nSPS) is 18.8. The summed E-state index contributed by atoms with van der Waals surface area (Å²) in [5, 5.41) is 2.89. The van der Waals surface area contributed by atoms with Gasteiger partial charge in [0, 0.05) is 40.6 Å². The fourth-order valence-corrected chi connectivity index (χ4v) is 3.72. The van der Waals surface area contributed by atoms with Crippen LogP contribution < -0.4 is 5.32 Å². The molecule has 1 aliphatic rings. The molecule has 0 bridgehead atoms. The fraction of sp³-hybridized carbons (Fsp3) is 0.429. The lowest BCUT2D eigenvalue weighted by Crippen LogP contribution is -2.49. The van der Waals surface area contributed by atoms with Crippen molar-refractivity contribution in [2.75, 3.05) is 13.1 Å². The first kappa shape index (κ1) is 15.5. The van der Waals surface area contributed by atoms with E-state index >= 15 is 0 Å². The van der Waals surface area contributed by atoms with Crippen molar-refractivity contribution in [2.24, 2.45) is 0 Å². The Hall–Kier alpha value is -0.880. The van der Waals surface area contributed by atoms with Gasteiger partial charge in [-0.3, -0.25) is 9.59 Å². The molecular weight excluding hydrogens is 388 g/mol. The predicted octanol–water partition coefficient (Wildman–Crippen LogP) is 2.95. The Kier molecular flexibility index (Phi) is 5.21. The number of nitrogens with one attached hydrogen (secondary N) is 1. The number of likely N-dealkylation sites (tertiary alicyclic amines) is 1. The molecule has 2 rings (SSSR count). The van der Waals surface area contributed by atoms with E-state index in [4.69, 9.17) is 0 Å². The van der Waals surface area contributed by atoms with Gasteiger partial charge in [-0.05, 0) is 31.0 Å². The quantitative estimate of drug-likeness (QED) is 0.825. The predicted molar refractivity (Wildman–Crippen MR) is 84.6 cm³/mol. The largest absolute Gasteiger partial charge is 0.352 e. The molecule has 4 nitrogen and oxygen atoms in total. The summed E-state index contributed by atoms with van der Waals surface area (Å²) >= 11 is 6.78. The first-order valence-corrected chi connectivity index (χ1v) is 8.07. The fourth-order valence-electron chi connectivity index (χ4n) is 2.43. The van der Waals surface area contributed by atoms with Crippen LogP contribution in [0.4, 0.5) is 0 Å². The Morgan fingerprint density at radius 2 is 1.90 bits per heavy atom. The Labute approximate surface area is 135 Å². The smallest absolute Gasteiger partial charge is 0.254 e. The minimum Gasteiger partial charge on any atom is -0.352 e. The van der Waals surface area contributed by atoms with E-state index in [0.717, 1.165) is 28.3 Å². The molecule has 1 aliphatic heterocycles. The summed E-state index contributed by atoms with van der Waals surface area (Å²) < 4.78 is 1.73. The average molecular weight is 404 g/mol. The second-order valence-electron chi connectivity index (χ2n) is 4.95. The molecule has 0 saturated carbocycles. The number of rotatable bonds is 2. The molecule has 1 atom stereocenters. The van der Waals surface area contributed by atoms with E-state index in [-0.39, 0.29) is 17.9 Å². The summed E-state index contributed by atoms with van der Waals surface area (Å²) in [4.78, 5) is 25.4. The van der Waals surface area contributed by atoms with Crippen LogP contribution in [-0.2, 0) is 4.79 Å². The minimum atomic E-state index is -0.0468. The molecular formula is C14H16Br2N2O2. The highest BCUT2D eigenvalue weighted by Crippen LogP contribution is 2.22. The van der Waals surface area contributed by atoms with Gasteiger partial charge < -0.3 is 10.2 Å². The number of carbonyl (C=O) groups is 2. The number of nitrogens with zero attached hydrogens (tertiary/aromatic N) is 1. The second kappa shape index (κ2) is 6.72. The molecule has 20 heavy (non-hydrogen) atoms.